The van der Waals surface area contributed by atoms with Gasteiger partial charge in [-0.1, -0.05) is 0 Å². The third kappa shape index (κ3) is 3.28. The van der Waals surface area contributed by atoms with Gasteiger partial charge in [-0.2, -0.15) is 0 Å². The van der Waals surface area contributed by atoms with E-state index in [0.717, 1.165) is 8.26 Å². The van der Waals surface area contributed by atoms with Crippen LogP contribution in [0.2, 0.25) is 0 Å². The molecule has 0 radical (unpaired) electrons. The number of halogens is 2. The first-order valence-corrected chi connectivity index (χ1v) is 8.07. The molecule has 0 fully saturated rings. The molecule has 2 rings (SSSR count). The molecule has 110 valence electrons. The molecule has 0 atom stereocenters. The van der Waals surface area contributed by atoms with E-state index in [0.29, 0.717) is 16.3 Å². The van der Waals surface area contributed by atoms with E-state index in [4.69, 9.17) is 5.73 Å². The van der Waals surface area contributed by atoms with Crippen LogP contribution in [0.25, 0.3) is 0 Å². The molecule has 0 bridgehead atoms. The van der Waals surface area contributed by atoms with Crippen LogP contribution in [-0.2, 0) is 0 Å². The Kier molecular flexibility index (Phi) is 4.70. The summed E-state index contributed by atoms with van der Waals surface area (Å²) in [6.07, 6.45) is 0. The molecular formula is C13H10Br2N2O3S. The van der Waals surface area contributed by atoms with E-state index in [1.165, 1.54) is 35.4 Å². The summed E-state index contributed by atoms with van der Waals surface area (Å²) < 4.78 is 1.58. The number of hydrogen-bond donors (Lipinski definition) is 2. The summed E-state index contributed by atoms with van der Waals surface area (Å²) in [5.74, 6) is -1.43. The Labute approximate surface area is 141 Å². The predicted molar refractivity (Wildman–Crippen MR) is 90.3 cm³/mol. The molecule has 0 aliphatic heterocycles. The number of carbonyl (C=O) groups excluding carboxylic acids is 1. The van der Waals surface area contributed by atoms with Crippen LogP contribution in [0.15, 0.2) is 32.5 Å². The Morgan fingerprint density at radius 3 is 2.48 bits per heavy atom. The van der Waals surface area contributed by atoms with Gasteiger partial charge in [-0.25, -0.2) is 4.79 Å². The summed E-state index contributed by atoms with van der Waals surface area (Å²) in [4.78, 5) is 25.5. The highest BCUT2D eigenvalue weighted by Crippen LogP contribution is 2.34. The van der Waals surface area contributed by atoms with Gasteiger partial charge in [-0.3, -0.25) is 4.79 Å². The van der Waals surface area contributed by atoms with Crippen molar-refractivity contribution in [1.29, 1.82) is 0 Å². The van der Waals surface area contributed by atoms with E-state index in [1.807, 2.05) is 0 Å². The van der Waals surface area contributed by atoms with Gasteiger partial charge in [0.15, 0.2) is 0 Å². The van der Waals surface area contributed by atoms with Crippen molar-refractivity contribution < 1.29 is 14.7 Å². The minimum Gasteiger partial charge on any atom is -0.478 e. The SMILES string of the molecule is CN(C(=O)c1cc(Br)c(Br)s1)c1ccc(N)cc1C(=O)O. The Morgan fingerprint density at radius 2 is 1.95 bits per heavy atom. The summed E-state index contributed by atoms with van der Waals surface area (Å²) in [6, 6.07) is 6.10. The number of hydrogen-bond acceptors (Lipinski definition) is 4. The highest BCUT2D eigenvalue weighted by molar-refractivity contribution is 9.13. The summed E-state index contributed by atoms with van der Waals surface area (Å²) in [7, 11) is 1.53. The number of carbonyl (C=O) groups is 2. The molecule has 21 heavy (non-hydrogen) atoms. The summed E-state index contributed by atoms with van der Waals surface area (Å²) in [5.41, 5.74) is 6.21. The number of nitrogens with two attached hydrogens (primary N) is 1. The molecule has 1 aromatic carbocycles. The second kappa shape index (κ2) is 6.17. The van der Waals surface area contributed by atoms with Gasteiger partial charge in [0.05, 0.1) is 19.9 Å². The molecule has 0 spiro atoms. The van der Waals surface area contributed by atoms with Crippen LogP contribution in [0.1, 0.15) is 20.0 Å². The summed E-state index contributed by atoms with van der Waals surface area (Å²) in [6.45, 7) is 0. The minimum atomic E-state index is -1.13. The molecule has 0 saturated carbocycles. The van der Waals surface area contributed by atoms with Gasteiger partial charge in [0, 0.05) is 17.2 Å². The molecule has 0 aliphatic rings. The van der Waals surface area contributed by atoms with E-state index in [1.54, 1.807) is 12.1 Å². The van der Waals surface area contributed by atoms with Crippen LogP contribution in [0.3, 0.4) is 0 Å². The number of carboxylic acids is 1. The molecule has 0 aliphatic carbocycles. The highest BCUT2D eigenvalue weighted by atomic mass is 79.9. The van der Waals surface area contributed by atoms with E-state index in [-0.39, 0.29) is 11.5 Å². The first kappa shape index (κ1) is 16.0. The predicted octanol–water partition coefficient (Wildman–Crippen LogP) is 3.83. The van der Waals surface area contributed by atoms with Gasteiger partial charge >= 0.3 is 5.97 Å². The molecule has 0 unspecified atom stereocenters. The normalized spacial score (nSPS) is 10.4. The second-order valence-electron chi connectivity index (χ2n) is 4.18. The third-order valence-corrected chi connectivity index (χ3v) is 6.02. The average molecular weight is 434 g/mol. The molecular weight excluding hydrogens is 424 g/mol. The van der Waals surface area contributed by atoms with Gasteiger partial charge in [0.25, 0.3) is 5.91 Å². The van der Waals surface area contributed by atoms with E-state index in [2.05, 4.69) is 31.9 Å². The van der Waals surface area contributed by atoms with Crippen LogP contribution >= 0.6 is 43.2 Å². The maximum absolute atomic E-state index is 12.4. The summed E-state index contributed by atoms with van der Waals surface area (Å²) >= 11 is 7.92. The van der Waals surface area contributed by atoms with Crippen LogP contribution < -0.4 is 10.6 Å². The van der Waals surface area contributed by atoms with Crippen LogP contribution in [-0.4, -0.2) is 24.0 Å². The topological polar surface area (TPSA) is 83.6 Å². The lowest BCUT2D eigenvalue weighted by Crippen LogP contribution is -2.27. The largest absolute Gasteiger partial charge is 0.478 e. The van der Waals surface area contributed by atoms with Crippen LogP contribution in [0.5, 0.6) is 0 Å². The lowest BCUT2D eigenvalue weighted by Gasteiger charge is -2.19. The number of carboxylic acid groups (broad SMARTS) is 1. The second-order valence-corrected chi connectivity index (χ2v) is 7.40. The van der Waals surface area contributed by atoms with Gasteiger partial charge in [0.1, 0.15) is 0 Å². The fourth-order valence-electron chi connectivity index (χ4n) is 1.74. The monoisotopic (exact) mass is 432 g/mol. The number of aromatic carboxylic acids is 1. The molecule has 8 heteroatoms. The highest BCUT2D eigenvalue weighted by Gasteiger charge is 2.21. The van der Waals surface area contributed by atoms with Crippen molar-refractivity contribution in [2.75, 3.05) is 17.7 Å². The standard InChI is InChI=1S/C13H10Br2N2O3S/c1-17(12(18)10-5-8(14)11(15)21-10)9-3-2-6(16)4-7(9)13(19)20/h2-5H,16H2,1H3,(H,19,20). The van der Waals surface area contributed by atoms with Crippen LogP contribution in [0.4, 0.5) is 11.4 Å². The molecule has 1 heterocycles. The smallest absolute Gasteiger partial charge is 0.337 e. The number of amides is 1. The number of thiophene rings is 1. The van der Waals surface area contributed by atoms with Crippen molar-refractivity contribution in [3.63, 3.8) is 0 Å². The number of anilines is 2. The Morgan fingerprint density at radius 1 is 1.29 bits per heavy atom. The van der Waals surface area contributed by atoms with Crippen molar-refractivity contribution >= 4 is 66.4 Å². The molecule has 3 N–H and O–H groups in total. The molecule has 5 nitrogen and oxygen atoms in total. The Balaban J connectivity index is 2.42. The van der Waals surface area contributed by atoms with Crippen molar-refractivity contribution in [3.05, 3.63) is 43.0 Å². The molecule has 1 aromatic heterocycles. The molecule has 1 amide bonds. The first-order valence-electron chi connectivity index (χ1n) is 5.67. The molecule has 2 aromatic rings. The quantitative estimate of drug-likeness (QED) is 0.720. The Hall–Kier alpha value is -1.38. The lowest BCUT2D eigenvalue weighted by atomic mass is 10.1. The van der Waals surface area contributed by atoms with Gasteiger partial charge < -0.3 is 15.7 Å². The van der Waals surface area contributed by atoms with E-state index < -0.39 is 5.97 Å². The van der Waals surface area contributed by atoms with Crippen molar-refractivity contribution in [3.8, 4) is 0 Å². The lowest BCUT2D eigenvalue weighted by molar-refractivity contribution is 0.0698. The molecule has 0 saturated heterocycles. The fourth-order valence-corrected chi connectivity index (χ4v) is 3.76. The number of nitrogen functional groups attached to an aromatic ring is 1. The van der Waals surface area contributed by atoms with Crippen molar-refractivity contribution in [2.45, 2.75) is 0 Å². The first-order chi connectivity index (χ1) is 9.81. The minimum absolute atomic E-state index is 0.0134. The maximum Gasteiger partial charge on any atom is 0.337 e. The maximum atomic E-state index is 12.4. The fraction of sp³-hybridized carbons (Fsp3) is 0.0769. The van der Waals surface area contributed by atoms with E-state index >= 15 is 0 Å². The zero-order valence-corrected chi connectivity index (χ0v) is 14.8. The number of nitrogens with zero attached hydrogens (tertiary/aromatic N) is 1. The van der Waals surface area contributed by atoms with Gasteiger partial charge in [-0.05, 0) is 56.1 Å². The van der Waals surface area contributed by atoms with Crippen LogP contribution in [0, 0.1) is 0 Å². The summed E-state index contributed by atoms with van der Waals surface area (Å²) in [5, 5.41) is 9.23. The Bertz CT molecular complexity index is 711. The zero-order chi connectivity index (χ0) is 15.7. The third-order valence-electron chi connectivity index (χ3n) is 2.77. The van der Waals surface area contributed by atoms with Crippen molar-refractivity contribution in [2.24, 2.45) is 0 Å². The van der Waals surface area contributed by atoms with Gasteiger partial charge in [0.2, 0.25) is 0 Å². The zero-order valence-electron chi connectivity index (χ0n) is 10.8. The number of rotatable bonds is 3. The number of benzene rings is 1. The van der Waals surface area contributed by atoms with Crippen molar-refractivity contribution in [1.82, 2.24) is 0 Å². The van der Waals surface area contributed by atoms with E-state index in [9.17, 15) is 14.7 Å². The average Bonchev–Trinajstić information content (AvgIpc) is 2.77. The van der Waals surface area contributed by atoms with Gasteiger partial charge in [-0.15, -0.1) is 11.3 Å².